The summed E-state index contributed by atoms with van der Waals surface area (Å²) < 4.78 is 1.04. The third-order valence-corrected chi connectivity index (χ3v) is 4.96. The third kappa shape index (κ3) is 4.18. The lowest BCUT2D eigenvalue weighted by atomic mass is 10.1. The zero-order valence-electron chi connectivity index (χ0n) is 12.7. The Morgan fingerprint density at radius 3 is 2.57 bits per heavy atom. The van der Waals surface area contributed by atoms with E-state index < -0.39 is 0 Å². The summed E-state index contributed by atoms with van der Waals surface area (Å²) in [5.74, 6) is -0.120. The highest BCUT2D eigenvalue weighted by Crippen LogP contribution is 2.31. The Hall–Kier alpha value is -1.27. The standard InChI is InChI=1S/C18H18ClIN2O/c19-16-12-15(7-8-17(16)22-9-2-1-3-10-22)21-18(23)13-5-4-6-14(20)11-13/h4-8,11-12H,1-3,9-10H2,(H,21,23). The Morgan fingerprint density at radius 2 is 1.87 bits per heavy atom. The Balaban J connectivity index is 1.73. The van der Waals surface area contributed by atoms with Gasteiger partial charge in [-0.25, -0.2) is 0 Å². The van der Waals surface area contributed by atoms with Crippen molar-refractivity contribution >= 4 is 51.5 Å². The van der Waals surface area contributed by atoms with Crippen LogP contribution in [0, 0.1) is 3.57 Å². The molecule has 1 amide bonds. The summed E-state index contributed by atoms with van der Waals surface area (Å²) in [7, 11) is 0. The van der Waals surface area contributed by atoms with E-state index in [-0.39, 0.29) is 5.91 Å². The number of benzene rings is 2. The molecule has 1 N–H and O–H groups in total. The van der Waals surface area contributed by atoms with Gasteiger partial charge in [-0.2, -0.15) is 0 Å². The first-order chi connectivity index (χ1) is 11.1. The topological polar surface area (TPSA) is 32.3 Å². The maximum absolute atomic E-state index is 12.3. The minimum atomic E-state index is -0.120. The maximum atomic E-state index is 12.3. The normalized spacial score (nSPS) is 14.6. The number of rotatable bonds is 3. The van der Waals surface area contributed by atoms with Gasteiger partial charge in [-0.15, -0.1) is 0 Å². The fraction of sp³-hybridized carbons (Fsp3) is 0.278. The SMILES string of the molecule is O=C(Nc1ccc(N2CCCCC2)c(Cl)c1)c1cccc(I)c1. The zero-order valence-corrected chi connectivity index (χ0v) is 15.6. The van der Waals surface area contributed by atoms with Crippen molar-refractivity contribution in [2.75, 3.05) is 23.3 Å². The van der Waals surface area contributed by atoms with E-state index in [0.717, 1.165) is 28.0 Å². The van der Waals surface area contributed by atoms with Crippen molar-refractivity contribution in [1.29, 1.82) is 0 Å². The van der Waals surface area contributed by atoms with Crippen LogP contribution in [0.25, 0.3) is 0 Å². The van der Waals surface area contributed by atoms with Crippen molar-refractivity contribution in [2.24, 2.45) is 0 Å². The number of carbonyl (C=O) groups excluding carboxylic acids is 1. The highest BCUT2D eigenvalue weighted by Gasteiger charge is 2.15. The fourth-order valence-corrected chi connectivity index (χ4v) is 3.65. The van der Waals surface area contributed by atoms with E-state index in [2.05, 4.69) is 32.8 Å². The van der Waals surface area contributed by atoms with Crippen LogP contribution in [0.2, 0.25) is 5.02 Å². The summed E-state index contributed by atoms with van der Waals surface area (Å²) in [6.45, 7) is 2.10. The molecule has 3 nitrogen and oxygen atoms in total. The number of hydrogen-bond donors (Lipinski definition) is 1. The van der Waals surface area contributed by atoms with Crippen molar-refractivity contribution in [3.63, 3.8) is 0 Å². The van der Waals surface area contributed by atoms with Crippen molar-refractivity contribution in [3.05, 3.63) is 56.6 Å². The van der Waals surface area contributed by atoms with Gasteiger partial charge < -0.3 is 10.2 Å². The quantitative estimate of drug-likeness (QED) is 0.667. The van der Waals surface area contributed by atoms with Gasteiger partial charge in [0.05, 0.1) is 10.7 Å². The molecular formula is C18H18ClIN2O. The van der Waals surface area contributed by atoms with Gasteiger partial charge >= 0.3 is 0 Å². The molecule has 2 aromatic carbocycles. The molecule has 0 atom stereocenters. The third-order valence-electron chi connectivity index (χ3n) is 3.99. The Kier molecular flexibility index (Phi) is 5.43. The second kappa shape index (κ2) is 7.53. The van der Waals surface area contributed by atoms with Gasteiger partial charge in [0.25, 0.3) is 5.91 Å². The minimum absolute atomic E-state index is 0.120. The van der Waals surface area contributed by atoms with Gasteiger partial charge in [0.2, 0.25) is 0 Å². The molecule has 0 radical (unpaired) electrons. The molecule has 0 unspecified atom stereocenters. The van der Waals surface area contributed by atoms with Crippen molar-refractivity contribution < 1.29 is 4.79 Å². The van der Waals surface area contributed by atoms with E-state index in [4.69, 9.17) is 11.6 Å². The molecule has 0 aromatic heterocycles. The molecule has 1 heterocycles. The van der Waals surface area contributed by atoms with Crippen LogP contribution in [-0.4, -0.2) is 19.0 Å². The van der Waals surface area contributed by atoms with Crippen LogP contribution in [0.15, 0.2) is 42.5 Å². The van der Waals surface area contributed by atoms with E-state index in [1.54, 1.807) is 6.07 Å². The van der Waals surface area contributed by atoms with Gasteiger partial charge in [0, 0.05) is 27.9 Å². The largest absolute Gasteiger partial charge is 0.370 e. The number of nitrogens with zero attached hydrogens (tertiary/aromatic N) is 1. The molecule has 0 bridgehead atoms. The highest BCUT2D eigenvalue weighted by molar-refractivity contribution is 14.1. The van der Waals surface area contributed by atoms with Crippen LogP contribution < -0.4 is 10.2 Å². The Bertz CT molecular complexity index is 714. The molecule has 3 rings (SSSR count). The van der Waals surface area contributed by atoms with E-state index in [0.29, 0.717) is 10.6 Å². The highest BCUT2D eigenvalue weighted by atomic mass is 127. The van der Waals surface area contributed by atoms with E-state index in [1.807, 2.05) is 36.4 Å². The molecular weight excluding hydrogens is 423 g/mol. The monoisotopic (exact) mass is 440 g/mol. The lowest BCUT2D eigenvalue weighted by molar-refractivity contribution is 0.102. The van der Waals surface area contributed by atoms with Gasteiger partial charge in [-0.3, -0.25) is 4.79 Å². The van der Waals surface area contributed by atoms with E-state index >= 15 is 0 Å². The molecule has 1 aliphatic rings. The van der Waals surface area contributed by atoms with Crippen LogP contribution in [0.5, 0.6) is 0 Å². The van der Waals surface area contributed by atoms with Crippen LogP contribution in [-0.2, 0) is 0 Å². The lowest BCUT2D eigenvalue weighted by Crippen LogP contribution is -2.29. The number of anilines is 2. The zero-order chi connectivity index (χ0) is 16.2. The first kappa shape index (κ1) is 16.6. The van der Waals surface area contributed by atoms with Gasteiger partial charge in [-0.1, -0.05) is 17.7 Å². The van der Waals surface area contributed by atoms with Crippen molar-refractivity contribution in [1.82, 2.24) is 0 Å². The Labute approximate surface area is 155 Å². The van der Waals surface area contributed by atoms with Crippen molar-refractivity contribution in [2.45, 2.75) is 19.3 Å². The summed E-state index contributed by atoms with van der Waals surface area (Å²) in [4.78, 5) is 14.6. The van der Waals surface area contributed by atoms with E-state index in [9.17, 15) is 4.79 Å². The van der Waals surface area contributed by atoms with Gasteiger partial charge in [0.15, 0.2) is 0 Å². The predicted octanol–water partition coefficient (Wildman–Crippen LogP) is 5.19. The maximum Gasteiger partial charge on any atom is 0.255 e. The van der Waals surface area contributed by atoms with Crippen LogP contribution >= 0.6 is 34.2 Å². The number of piperidine rings is 1. The average molecular weight is 441 g/mol. The molecule has 1 fully saturated rings. The second-order valence-corrected chi connectivity index (χ2v) is 7.33. The fourth-order valence-electron chi connectivity index (χ4n) is 2.81. The van der Waals surface area contributed by atoms with E-state index in [1.165, 1.54) is 19.3 Å². The van der Waals surface area contributed by atoms with Gasteiger partial charge in [0.1, 0.15) is 0 Å². The smallest absolute Gasteiger partial charge is 0.255 e. The Morgan fingerprint density at radius 1 is 1.09 bits per heavy atom. The summed E-state index contributed by atoms with van der Waals surface area (Å²) in [5.41, 5.74) is 2.42. The molecule has 2 aromatic rings. The first-order valence-electron chi connectivity index (χ1n) is 7.75. The summed E-state index contributed by atoms with van der Waals surface area (Å²) in [6, 6.07) is 13.3. The predicted molar refractivity (Wildman–Crippen MR) is 105 cm³/mol. The number of nitrogens with one attached hydrogen (secondary N) is 1. The molecule has 1 saturated heterocycles. The molecule has 0 aliphatic carbocycles. The number of carbonyl (C=O) groups is 1. The van der Waals surface area contributed by atoms with Crippen LogP contribution in [0.4, 0.5) is 11.4 Å². The molecule has 0 saturated carbocycles. The number of hydrogen-bond acceptors (Lipinski definition) is 2. The number of halogens is 2. The van der Waals surface area contributed by atoms with Crippen LogP contribution in [0.3, 0.4) is 0 Å². The second-order valence-electron chi connectivity index (χ2n) is 5.68. The summed E-state index contributed by atoms with van der Waals surface area (Å²) in [5, 5.41) is 3.60. The summed E-state index contributed by atoms with van der Waals surface area (Å²) >= 11 is 8.62. The molecule has 5 heteroatoms. The average Bonchev–Trinajstić information content (AvgIpc) is 2.56. The molecule has 0 spiro atoms. The van der Waals surface area contributed by atoms with Crippen molar-refractivity contribution in [3.8, 4) is 0 Å². The molecule has 23 heavy (non-hydrogen) atoms. The lowest BCUT2D eigenvalue weighted by Gasteiger charge is -2.29. The number of amides is 1. The molecule has 1 aliphatic heterocycles. The molecule has 120 valence electrons. The summed E-state index contributed by atoms with van der Waals surface area (Å²) in [6.07, 6.45) is 3.71. The van der Waals surface area contributed by atoms with Crippen LogP contribution in [0.1, 0.15) is 29.6 Å². The minimum Gasteiger partial charge on any atom is -0.370 e. The first-order valence-corrected chi connectivity index (χ1v) is 9.20. The van der Waals surface area contributed by atoms with Gasteiger partial charge in [-0.05, 0) is 78.3 Å².